The lowest BCUT2D eigenvalue weighted by Gasteiger charge is -2.41. The highest BCUT2D eigenvalue weighted by atomic mass is 32.2. The van der Waals surface area contributed by atoms with Gasteiger partial charge in [0.25, 0.3) is 0 Å². The second-order valence-corrected chi connectivity index (χ2v) is 11.3. The van der Waals surface area contributed by atoms with E-state index in [1.165, 1.54) is 38.4 Å². The third-order valence-electron chi connectivity index (χ3n) is 6.95. The Morgan fingerprint density at radius 2 is 1.68 bits per heavy atom. The first-order valence-corrected chi connectivity index (χ1v) is 13.9. The zero-order valence-electron chi connectivity index (χ0n) is 18.8. The van der Waals surface area contributed by atoms with Gasteiger partial charge in [0.1, 0.15) is 5.82 Å². The predicted octanol–water partition coefficient (Wildman–Crippen LogP) is 2.59. The van der Waals surface area contributed by atoms with Gasteiger partial charge in [-0.2, -0.15) is 4.98 Å². The van der Waals surface area contributed by atoms with Crippen molar-refractivity contribution in [1.29, 1.82) is 0 Å². The Morgan fingerprint density at radius 3 is 2.39 bits per heavy atom. The van der Waals surface area contributed by atoms with E-state index < -0.39 is 10.0 Å². The third kappa shape index (κ3) is 6.76. The molecule has 1 unspecified atom stereocenters. The normalized spacial score (nSPS) is 28.8. The summed E-state index contributed by atoms with van der Waals surface area (Å²) in [5, 5.41) is 3.60. The van der Waals surface area contributed by atoms with Crippen molar-refractivity contribution in [3.8, 4) is 0 Å². The molecule has 0 radical (unpaired) electrons. The van der Waals surface area contributed by atoms with Gasteiger partial charge in [-0.25, -0.2) is 18.1 Å². The molecule has 1 aromatic heterocycles. The number of rotatable bonds is 6. The van der Waals surface area contributed by atoms with Crippen molar-refractivity contribution in [3.05, 3.63) is 12.3 Å². The summed E-state index contributed by atoms with van der Waals surface area (Å²) in [7, 11) is -3.11. The molecule has 1 atom stereocenters. The number of hydrogen-bond acceptors (Lipinski definition) is 7. The molecule has 0 spiro atoms. The minimum atomic E-state index is -3.11. The fourth-order valence-electron chi connectivity index (χ4n) is 5.39. The molecule has 9 heteroatoms. The summed E-state index contributed by atoms with van der Waals surface area (Å²) in [5.41, 5.74) is 0. The van der Waals surface area contributed by atoms with E-state index in [0.29, 0.717) is 12.1 Å². The van der Waals surface area contributed by atoms with E-state index in [-0.39, 0.29) is 6.04 Å². The van der Waals surface area contributed by atoms with Gasteiger partial charge in [-0.1, -0.05) is 12.8 Å². The van der Waals surface area contributed by atoms with Crippen LogP contribution in [-0.4, -0.2) is 73.8 Å². The van der Waals surface area contributed by atoms with Gasteiger partial charge in [0.2, 0.25) is 16.0 Å². The minimum absolute atomic E-state index is 0.0973. The number of piperidine rings is 1. The highest BCUT2D eigenvalue weighted by Crippen LogP contribution is 2.27. The van der Waals surface area contributed by atoms with Gasteiger partial charge < -0.3 is 10.2 Å². The second-order valence-electron chi connectivity index (χ2n) is 9.51. The van der Waals surface area contributed by atoms with Crippen LogP contribution < -0.4 is 14.9 Å². The lowest BCUT2D eigenvalue weighted by Crippen LogP contribution is -2.50. The van der Waals surface area contributed by atoms with E-state index in [1.54, 1.807) is 0 Å². The van der Waals surface area contributed by atoms with Crippen LogP contribution in [-0.2, 0) is 10.0 Å². The lowest BCUT2D eigenvalue weighted by molar-refractivity contribution is 0.117. The molecule has 0 amide bonds. The molecule has 1 saturated carbocycles. The SMILES string of the molecule is CS(=O)(=O)NC1CCC(N2CCCC(Nc3nccc(N4CCCCCC4)n3)C2)CC1. The molecule has 2 N–H and O–H groups in total. The van der Waals surface area contributed by atoms with Gasteiger partial charge in [-0.05, 0) is 64.0 Å². The maximum absolute atomic E-state index is 11.5. The fraction of sp³-hybridized carbons (Fsp3) is 0.818. The van der Waals surface area contributed by atoms with E-state index in [9.17, 15) is 8.42 Å². The first-order valence-electron chi connectivity index (χ1n) is 12.0. The quantitative estimate of drug-likeness (QED) is 0.688. The molecular weight excluding hydrogens is 412 g/mol. The smallest absolute Gasteiger partial charge is 0.224 e. The molecule has 2 saturated heterocycles. The Balaban J connectivity index is 1.30. The van der Waals surface area contributed by atoms with Crippen molar-refractivity contribution >= 4 is 21.8 Å². The van der Waals surface area contributed by atoms with Gasteiger partial charge in [-0.3, -0.25) is 4.90 Å². The molecule has 1 aromatic rings. The Hall–Kier alpha value is -1.45. The first-order chi connectivity index (χ1) is 15.0. The number of likely N-dealkylation sites (tertiary alicyclic amines) is 1. The summed E-state index contributed by atoms with van der Waals surface area (Å²) in [6, 6.07) is 3.04. The van der Waals surface area contributed by atoms with Crippen LogP contribution in [0.15, 0.2) is 12.3 Å². The van der Waals surface area contributed by atoms with Crippen LogP contribution in [0.25, 0.3) is 0 Å². The predicted molar refractivity (Wildman–Crippen MR) is 125 cm³/mol. The molecule has 31 heavy (non-hydrogen) atoms. The van der Waals surface area contributed by atoms with E-state index in [2.05, 4.69) is 24.8 Å². The van der Waals surface area contributed by atoms with Crippen LogP contribution in [0, 0.1) is 0 Å². The van der Waals surface area contributed by atoms with Crippen molar-refractivity contribution in [2.75, 3.05) is 42.7 Å². The summed E-state index contributed by atoms with van der Waals surface area (Å²) in [6.07, 6.45) is 14.5. The van der Waals surface area contributed by atoms with Crippen molar-refractivity contribution in [2.24, 2.45) is 0 Å². The van der Waals surface area contributed by atoms with Crippen LogP contribution in [0.5, 0.6) is 0 Å². The van der Waals surface area contributed by atoms with Crippen molar-refractivity contribution in [2.45, 2.75) is 82.3 Å². The summed E-state index contributed by atoms with van der Waals surface area (Å²) in [6.45, 7) is 4.31. The third-order valence-corrected chi connectivity index (χ3v) is 7.71. The molecular formula is C22H38N6O2S. The van der Waals surface area contributed by atoms with Crippen molar-refractivity contribution in [1.82, 2.24) is 19.6 Å². The van der Waals surface area contributed by atoms with Crippen molar-refractivity contribution in [3.63, 3.8) is 0 Å². The van der Waals surface area contributed by atoms with Crippen LogP contribution in [0.1, 0.15) is 64.2 Å². The largest absolute Gasteiger partial charge is 0.356 e. The Morgan fingerprint density at radius 1 is 0.935 bits per heavy atom. The van der Waals surface area contributed by atoms with Gasteiger partial charge in [0.15, 0.2) is 0 Å². The van der Waals surface area contributed by atoms with E-state index in [4.69, 9.17) is 4.98 Å². The zero-order chi connectivity index (χ0) is 21.7. The Bertz CT molecular complexity index is 804. The standard InChI is InChI=1S/C22H38N6O2S/c1-31(29,30)26-18-8-10-20(11-9-18)28-16-6-7-19(17-28)24-22-23-13-12-21(25-22)27-14-4-2-3-5-15-27/h12-13,18-20,26H,2-11,14-17H2,1H3,(H,23,24,25). The minimum Gasteiger partial charge on any atom is -0.356 e. The van der Waals surface area contributed by atoms with Gasteiger partial charge in [0, 0.05) is 44.0 Å². The molecule has 4 rings (SSSR count). The molecule has 0 bridgehead atoms. The molecule has 8 nitrogen and oxygen atoms in total. The van der Waals surface area contributed by atoms with Crippen LogP contribution in [0.2, 0.25) is 0 Å². The second kappa shape index (κ2) is 10.4. The van der Waals surface area contributed by atoms with E-state index in [1.807, 2.05) is 12.3 Å². The number of nitrogens with one attached hydrogen (secondary N) is 2. The molecule has 174 valence electrons. The summed E-state index contributed by atoms with van der Waals surface area (Å²) in [4.78, 5) is 14.3. The molecule has 3 heterocycles. The monoisotopic (exact) mass is 450 g/mol. The average molecular weight is 451 g/mol. The fourth-order valence-corrected chi connectivity index (χ4v) is 6.24. The molecule has 1 aliphatic carbocycles. The Labute approximate surface area is 187 Å². The molecule has 0 aromatic carbocycles. The highest BCUT2D eigenvalue weighted by Gasteiger charge is 2.30. The first kappa shape index (κ1) is 22.7. The maximum atomic E-state index is 11.5. The van der Waals surface area contributed by atoms with Gasteiger partial charge in [-0.15, -0.1) is 0 Å². The van der Waals surface area contributed by atoms with Crippen LogP contribution in [0.3, 0.4) is 0 Å². The highest BCUT2D eigenvalue weighted by molar-refractivity contribution is 7.88. The van der Waals surface area contributed by atoms with Crippen molar-refractivity contribution < 1.29 is 8.42 Å². The molecule has 2 aliphatic heterocycles. The average Bonchev–Trinajstić information content (AvgIpc) is 3.03. The van der Waals surface area contributed by atoms with Gasteiger partial charge >= 0.3 is 0 Å². The topological polar surface area (TPSA) is 90.5 Å². The number of anilines is 2. The lowest BCUT2D eigenvalue weighted by atomic mass is 9.89. The van der Waals surface area contributed by atoms with E-state index >= 15 is 0 Å². The molecule has 3 fully saturated rings. The zero-order valence-corrected chi connectivity index (χ0v) is 19.6. The Kier molecular flexibility index (Phi) is 7.66. The van der Waals surface area contributed by atoms with Crippen LogP contribution in [0.4, 0.5) is 11.8 Å². The number of sulfonamides is 1. The molecule has 3 aliphatic rings. The summed E-state index contributed by atoms with van der Waals surface area (Å²) >= 11 is 0. The number of hydrogen-bond donors (Lipinski definition) is 2. The maximum Gasteiger partial charge on any atom is 0.224 e. The van der Waals surface area contributed by atoms with Crippen LogP contribution >= 0.6 is 0 Å². The summed E-state index contributed by atoms with van der Waals surface area (Å²) in [5.74, 6) is 1.79. The number of aromatic nitrogens is 2. The van der Waals surface area contributed by atoms with Gasteiger partial charge in [0.05, 0.1) is 6.26 Å². The summed E-state index contributed by atoms with van der Waals surface area (Å²) < 4.78 is 25.8. The van der Waals surface area contributed by atoms with E-state index in [0.717, 1.165) is 70.0 Å². The number of nitrogens with zero attached hydrogens (tertiary/aromatic N) is 4.